The number of hydrogen-bond donors (Lipinski definition) is 1. The molecule has 2 aromatic rings. The Morgan fingerprint density at radius 2 is 1.94 bits per heavy atom. The fraction of sp³-hybridized carbons (Fsp3) is 0.385. The van der Waals surface area contributed by atoms with E-state index in [1.165, 1.54) is 0 Å². The van der Waals surface area contributed by atoms with Gasteiger partial charge in [0.05, 0.1) is 11.9 Å². The molecule has 2 aromatic heterocycles. The van der Waals surface area contributed by atoms with Crippen LogP contribution < -0.4 is 5.32 Å². The number of nitrogens with one attached hydrogen (secondary N) is 1. The highest BCUT2D eigenvalue weighted by Gasteiger charge is 2.10. The second kappa shape index (κ2) is 5.18. The van der Waals surface area contributed by atoms with E-state index in [4.69, 9.17) is 0 Å². The van der Waals surface area contributed by atoms with Crippen molar-refractivity contribution in [1.82, 2.24) is 25.3 Å². The monoisotopic (exact) mass is 243 g/mol. The minimum atomic E-state index is 0.0671. The van der Waals surface area contributed by atoms with Gasteiger partial charge in [-0.25, -0.2) is 15.0 Å². The normalized spacial score (nSPS) is 11.5. The Kier molecular flexibility index (Phi) is 3.62. The molecule has 2 heterocycles. The van der Waals surface area contributed by atoms with Crippen molar-refractivity contribution in [2.24, 2.45) is 0 Å². The van der Waals surface area contributed by atoms with E-state index in [2.05, 4.69) is 46.0 Å². The van der Waals surface area contributed by atoms with Gasteiger partial charge in [0.2, 0.25) is 0 Å². The van der Waals surface area contributed by atoms with Crippen LogP contribution in [0.5, 0.6) is 0 Å². The Balaban J connectivity index is 2.16. The molecule has 0 unspecified atom stereocenters. The third-order valence-electron chi connectivity index (χ3n) is 2.31. The molecule has 0 aliphatic heterocycles. The van der Waals surface area contributed by atoms with Gasteiger partial charge in [0.1, 0.15) is 5.69 Å². The average Bonchev–Trinajstić information content (AvgIpc) is 2.37. The molecule has 0 fully saturated rings. The summed E-state index contributed by atoms with van der Waals surface area (Å²) in [6.07, 6.45) is 6.68. The lowest BCUT2D eigenvalue weighted by molar-refractivity contribution is 0.421. The maximum atomic E-state index is 4.47. The molecule has 5 heteroatoms. The molecule has 94 valence electrons. The van der Waals surface area contributed by atoms with Crippen LogP contribution in [-0.4, -0.2) is 25.5 Å². The highest BCUT2D eigenvalue weighted by Crippen LogP contribution is 2.10. The largest absolute Gasteiger partial charge is 0.306 e. The Labute approximate surface area is 107 Å². The van der Waals surface area contributed by atoms with Crippen LogP contribution in [0, 0.1) is 0 Å². The molecule has 0 aromatic carbocycles. The molecule has 1 N–H and O–H groups in total. The Hall–Kier alpha value is -1.88. The van der Waals surface area contributed by atoms with Gasteiger partial charge in [-0.15, -0.1) is 0 Å². The van der Waals surface area contributed by atoms with Crippen LogP contribution in [0.25, 0.3) is 11.5 Å². The minimum absolute atomic E-state index is 0.0671. The van der Waals surface area contributed by atoms with Gasteiger partial charge in [0.15, 0.2) is 5.82 Å². The predicted molar refractivity (Wildman–Crippen MR) is 69.7 cm³/mol. The third-order valence-corrected chi connectivity index (χ3v) is 2.31. The van der Waals surface area contributed by atoms with Gasteiger partial charge in [0, 0.05) is 30.7 Å². The summed E-state index contributed by atoms with van der Waals surface area (Å²) in [5, 5.41) is 3.39. The summed E-state index contributed by atoms with van der Waals surface area (Å²) in [7, 11) is 0. The molecule has 0 radical (unpaired) electrons. The van der Waals surface area contributed by atoms with Crippen molar-refractivity contribution in [2.75, 3.05) is 0 Å². The molecular weight excluding hydrogens is 226 g/mol. The van der Waals surface area contributed by atoms with Crippen molar-refractivity contribution < 1.29 is 0 Å². The lowest BCUT2D eigenvalue weighted by Gasteiger charge is -2.20. The van der Waals surface area contributed by atoms with Gasteiger partial charge in [-0.3, -0.25) is 4.98 Å². The van der Waals surface area contributed by atoms with Gasteiger partial charge in [-0.05, 0) is 26.8 Å². The first-order valence-corrected chi connectivity index (χ1v) is 5.88. The first kappa shape index (κ1) is 12.6. The van der Waals surface area contributed by atoms with Crippen molar-refractivity contribution >= 4 is 0 Å². The van der Waals surface area contributed by atoms with Crippen molar-refractivity contribution in [3.8, 4) is 11.5 Å². The van der Waals surface area contributed by atoms with E-state index in [0.29, 0.717) is 18.1 Å². The van der Waals surface area contributed by atoms with Crippen LogP contribution in [0.4, 0.5) is 0 Å². The SMILES string of the molecule is CC(C)(C)NCc1ccnc(-c2cnccn2)n1. The molecule has 0 aliphatic rings. The van der Waals surface area contributed by atoms with Crippen LogP contribution in [0.15, 0.2) is 30.9 Å². The Morgan fingerprint density at radius 1 is 1.11 bits per heavy atom. The summed E-state index contributed by atoms with van der Waals surface area (Å²) in [5.74, 6) is 0.608. The maximum Gasteiger partial charge on any atom is 0.180 e. The molecule has 0 atom stereocenters. The van der Waals surface area contributed by atoms with E-state index in [-0.39, 0.29) is 5.54 Å². The number of rotatable bonds is 3. The maximum absolute atomic E-state index is 4.47. The topological polar surface area (TPSA) is 63.6 Å². The molecular formula is C13H17N5. The number of hydrogen-bond acceptors (Lipinski definition) is 5. The molecule has 18 heavy (non-hydrogen) atoms. The van der Waals surface area contributed by atoms with Gasteiger partial charge < -0.3 is 5.32 Å². The summed E-state index contributed by atoms with van der Waals surface area (Å²) in [4.78, 5) is 16.9. The lowest BCUT2D eigenvalue weighted by atomic mass is 10.1. The van der Waals surface area contributed by atoms with E-state index >= 15 is 0 Å². The van der Waals surface area contributed by atoms with Crippen molar-refractivity contribution in [1.29, 1.82) is 0 Å². The van der Waals surface area contributed by atoms with E-state index < -0.39 is 0 Å². The van der Waals surface area contributed by atoms with Crippen LogP contribution in [-0.2, 0) is 6.54 Å². The quantitative estimate of drug-likeness (QED) is 0.891. The van der Waals surface area contributed by atoms with Crippen LogP contribution in [0.3, 0.4) is 0 Å². The van der Waals surface area contributed by atoms with Crippen molar-refractivity contribution in [3.05, 3.63) is 36.5 Å². The molecule has 0 saturated carbocycles. The zero-order valence-electron chi connectivity index (χ0n) is 10.9. The molecule has 0 spiro atoms. The first-order chi connectivity index (χ1) is 8.54. The smallest absolute Gasteiger partial charge is 0.180 e. The van der Waals surface area contributed by atoms with Crippen molar-refractivity contribution in [2.45, 2.75) is 32.9 Å². The zero-order chi connectivity index (χ0) is 13.0. The average molecular weight is 243 g/mol. The summed E-state index contributed by atoms with van der Waals surface area (Å²) in [6, 6.07) is 1.90. The van der Waals surface area contributed by atoms with E-state index in [1.807, 2.05) is 6.07 Å². The molecule has 0 bridgehead atoms. The summed E-state index contributed by atoms with van der Waals surface area (Å²) in [6.45, 7) is 7.08. The van der Waals surface area contributed by atoms with E-state index in [0.717, 1.165) is 5.69 Å². The lowest BCUT2D eigenvalue weighted by Crippen LogP contribution is -2.35. The predicted octanol–water partition coefficient (Wildman–Crippen LogP) is 1.82. The third kappa shape index (κ3) is 3.56. The van der Waals surface area contributed by atoms with Crippen LogP contribution in [0.1, 0.15) is 26.5 Å². The zero-order valence-corrected chi connectivity index (χ0v) is 10.9. The van der Waals surface area contributed by atoms with Crippen molar-refractivity contribution in [3.63, 3.8) is 0 Å². The van der Waals surface area contributed by atoms with Gasteiger partial charge in [-0.2, -0.15) is 0 Å². The molecule has 0 aliphatic carbocycles. The highest BCUT2D eigenvalue weighted by atomic mass is 15.0. The molecule has 0 amide bonds. The molecule has 2 rings (SSSR count). The van der Waals surface area contributed by atoms with Gasteiger partial charge in [0.25, 0.3) is 0 Å². The van der Waals surface area contributed by atoms with Crippen LogP contribution in [0.2, 0.25) is 0 Å². The standard InChI is InChI=1S/C13H17N5/c1-13(2,3)17-8-10-4-5-16-12(18-10)11-9-14-6-7-15-11/h4-7,9,17H,8H2,1-3H3. The van der Waals surface area contributed by atoms with E-state index in [9.17, 15) is 0 Å². The summed E-state index contributed by atoms with van der Waals surface area (Å²) >= 11 is 0. The second-order valence-electron chi connectivity index (χ2n) is 5.07. The van der Waals surface area contributed by atoms with E-state index in [1.54, 1.807) is 24.8 Å². The van der Waals surface area contributed by atoms with Crippen LogP contribution >= 0.6 is 0 Å². The minimum Gasteiger partial charge on any atom is -0.306 e. The molecule has 0 saturated heterocycles. The Bertz CT molecular complexity index is 504. The number of aromatic nitrogens is 4. The molecule has 5 nitrogen and oxygen atoms in total. The first-order valence-electron chi connectivity index (χ1n) is 5.88. The fourth-order valence-electron chi connectivity index (χ4n) is 1.39. The Morgan fingerprint density at radius 3 is 2.61 bits per heavy atom. The summed E-state index contributed by atoms with van der Waals surface area (Å²) < 4.78 is 0. The highest BCUT2D eigenvalue weighted by molar-refractivity contribution is 5.46. The summed E-state index contributed by atoms with van der Waals surface area (Å²) in [5.41, 5.74) is 1.70. The number of nitrogens with zero attached hydrogens (tertiary/aromatic N) is 4. The second-order valence-corrected chi connectivity index (χ2v) is 5.07. The van der Waals surface area contributed by atoms with Gasteiger partial charge in [-0.1, -0.05) is 0 Å². The fourth-order valence-corrected chi connectivity index (χ4v) is 1.39. The van der Waals surface area contributed by atoms with Gasteiger partial charge >= 0.3 is 0 Å².